The molecule has 1 aromatic heterocycles. The predicted molar refractivity (Wildman–Crippen MR) is 104 cm³/mol. The first-order valence-electron chi connectivity index (χ1n) is 8.98. The highest BCUT2D eigenvalue weighted by atomic mass is 35.5. The minimum Gasteiger partial charge on any atom is -0.394 e. The lowest BCUT2D eigenvalue weighted by Gasteiger charge is -2.34. The van der Waals surface area contributed by atoms with Gasteiger partial charge in [-0.2, -0.15) is 5.10 Å². The summed E-state index contributed by atoms with van der Waals surface area (Å²) in [5, 5.41) is 20.2. The Balaban J connectivity index is 1.93. The van der Waals surface area contributed by atoms with Crippen LogP contribution >= 0.6 is 11.6 Å². The van der Waals surface area contributed by atoms with Crippen molar-refractivity contribution in [3.63, 3.8) is 0 Å². The largest absolute Gasteiger partial charge is 0.394 e. The number of methoxy groups -OCH3 is 1. The van der Waals surface area contributed by atoms with Gasteiger partial charge in [-0.1, -0.05) is 23.7 Å². The van der Waals surface area contributed by atoms with Crippen LogP contribution in [0.1, 0.15) is 45.4 Å². The van der Waals surface area contributed by atoms with Gasteiger partial charge in [0.15, 0.2) is 5.69 Å². The number of aromatic nitrogens is 2. The number of nitrogens with zero attached hydrogens (tertiary/aromatic N) is 2. The van der Waals surface area contributed by atoms with Gasteiger partial charge < -0.3 is 20.5 Å². The van der Waals surface area contributed by atoms with Gasteiger partial charge in [0.25, 0.3) is 11.8 Å². The van der Waals surface area contributed by atoms with E-state index in [1.807, 2.05) is 0 Å². The first kappa shape index (κ1) is 20.3. The molecule has 0 spiro atoms. The maximum atomic E-state index is 12.9. The van der Waals surface area contributed by atoms with Gasteiger partial charge in [-0.25, -0.2) is 4.68 Å². The number of aliphatic hydroxyl groups is 1. The molecule has 1 aliphatic rings. The number of aliphatic hydroxyl groups excluding tert-OH is 1. The van der Waals surface area contributed by atoms with E-state index in [0.717, 1.165) is 12.8 Å². The third-order valence-electron chi connectivity index (χ3n) is 4.89. The van der Waals surface area contributed by atoms with Crippen LogP contribution < -0.4 is 10.6 Å². The number of carbonyl (C=O) groups excluding carboxylic acids is 2. The Kier molecular flexibility index (Phi) is 6.33. The number of hydrogen-bond donors (Lipinski definition) is 3. The molecule has 3 rings (SSSR count). The zero-order valence-corrected chi connectivity index (χ0v) is 16.4. The third kappa shape index (κ3) is 4.19. The molecule has 0 saturated heterocycles. The van der Waals surface area contributed by atoms with Gasteiger partial charge in [0.05, 0.1) is 12.7 Å². The van der Waals surface area contributed by atoms with Crippen molar-refractivity contribution in [2.45, 2.75) is 31.0 Å². The van der Waals surface area contributed by atoms with Crippen molar-refractivity contribution in [2.24, 2.45) is 0 Å². The average molecular weight is 407 g/mol. The Morgan fingerprint density at radius 1 is 1.36 bits per heavy atom. The zero-order chi connectivity index (χ0) is 20.3. The summed E-state index contributed by atoms with van der Waals surface area (Å²) in [6, 6.07) is 7.71. The molecule has 1 atom stereocenters. The van der Waals surface area contributed by atoms with Crippen LogP contribution in [0.3, 0.4) is 0 Å². The number of benzene rings is 1. The summed E-state index contributed by atoms with van der Waals surface area (Å²) in [5.41, 5.74) is 0.966. The van der Waals surface area contributed by atoms with Crippen LogP contribution in [0.15, 0.2) is 30.3 Å². The fraction of sp³-hybridized carbons (Fsp3) is 0.421. The quantitative estimate of drug-likeness (QED) is 0.644. The second-order valence-corrected chi connectivity index (χ2v) is 7.13. The van der Waals surface area contributed by atoms with Crippen LogP contribution in [0.4, 0.5) is 0 Å². The number of rotatable bonds is 7. The highest BCUT2D eigenvalue weighted by molar-refractivity contribution is 6.30. The van der Waals surface area contributed by atoms with E-state index in [2.05, 4.69) is 15.7 Å². The minimum absolute atomic E-state index is 0.00278. The number of halogens is 1. The van der Waals surface area contributed by atoms with E-state index in [1.165, 1.54) is 17.8 Å². The summed E-state index contributed by atoms with van der Waals surface area (Å²) in [6.07, 6.45) is 1.61. The highest BCUT2D eigenvalue weighted by Gasteiger charge is 2.32. The molecule has 28 heavy (non-hydrogen) atoms. The molecule has 1 saturated carbocycles. The molecule has 2 amide bonds. The lowest BCUT2D eigenvalue weighted by Crippen LogP contribution is -2.48. The normalized spacial score (nSPS) is 19.6. The second-order valence-electron chi connectivity index (χ2n) is 6.69. The SMILES string of the molecule is CNC(=O)c1cc(C(=O)NC2CC(OC)C2)n(C(CO)c2cccc(Cl)c2)n1. The average Bonchev–Trinajstić information content (AvgIpc) is 3.09. The fourth-order valence-corrected chi connectivity index (χ4v) is 3.41. The first-order valence-corrected chi connectivity index (χ1v) is 9.36. The van der Waals surface area contributed by atoms with Gasteiger partial charge in [-0.05, 0) is 30.5 Å². The third-order valence-corrected chi connectivity index (χ3v) is 5.13. The molecule has 0 bridgehead atoms. The van der Waals surface area contributed by atoms with Gasteiger partial charge in [0.2, 0.25) is 0 Å². The fourth-order valence-electron chi connectivity index (χ4n) is 3.21. The Labute approximate surface area is 167 Å². The molecular formula is C19H23ClN4O4. The minimum atomic E-state index is -0.661. The molecule has 150 valence electrons. The van der Waals surface area contributed by atoms with E-state index in [4.69, 9.17) is 16.3 Å². The van der Waals surface area contributed by atoms with E-state index < -0.39 is 11.9 Å². The molecule has 9 heteroatoms. The van der Waals surface area contributed by atoms with Gasteiger partial charge >= 0.3 is 0 Å². The van der Waals surface area contributed by atoms with Crippen LogP contribution in [0, 0.1) is 0 Å². The topological polar surface area (TPSA) is 105 Å². The molecule has 1 unspecified atom stereocenters. The van der Waals surface area contributed by atoms with Crippen molar-refractivity contribution in [2.75, 3.05) is 20.8 Å². The molecule has 1 heterocycles. The van der Waals surface area contributed by atoms with E-state index in [0.29, 0.717) is 10.6 Å². The smallest absolute Gasteiger partial charge is 0.271 e. The molecule has 3 N–H and O–H groups in total. The van der Waals surface area contributed by atoms with Crippen LogP contribution in [-0.2, 0) is 4.74 Å². The molecule has 1 aromatic carbocycles. The van der Waals surface area contributed by atoms with Gasteiger partial charge in [-0.3, -0.25) is 9.59 Å². The van der Waals surface area contributed by atoms with Crippen molar-refractivity contribution >= 4 is 23.4 Å². The van der Waals surface area contributed by atoms with E-state index in [9.17, 15) is 14.7 Å². The van der Waals surface area contributed by atoms with E-state index in [-0.39, 0.29) is 36.0 Å². The summed E-state index contributed by atoms with van der Waals surface area (Å²) in [7, 11) is 3.13. The summed E-state index contributed by atoms with van der Waals surface area (Å²) in [6.45, 7) is -0.315. The van der Waals surface area contributed by atoms with Crippen molar-refractivity contribution in [3.05, 3.63) is 52.3 Å². The maximum absolute atomic E-state index is 12.9. The molecule has 2 aromatic rings. The van der Waals surface area contributed by atoms with E-state index >= 15 is 0 Å². The number of hydrogen-bond acceptors (Lipinski definition) is 5. The monoisotopic (exact) mass is 406 g/mol. The standard InChI is InChI=1S/C19H23ClN4O4/c1-21-18(26)15-9-16(19(27)22-13-7-14(8-13)28-2)24(23-15)17(10-25)11-4-3-5-12(20)6-11/h3-6,9,13-14,17,25H,7-8,10H2,1-2H3,(H,21,26)(H,22,27). The predicted octanol–water partition coefficient (Wildman–Crippen LogP) is 1.39. The molecule has 1 aliphatic carbocycles. The van der Waals surface area contributed by atoms with Crippen molar-refractivity contribution < 1.29 is 19.4 Å². The van der Waals surface area contributed by atoms with Crippen LogP contribution in [0.25, 0.3) is 0 Å². The summed E-state index contributed by atoms with van der Waals surface area (Å²) in [4.78, 5) is 24.9. The molecule has 8 nitrogen and oxygen atoms in total. The lowest BCUT2D eigenvalue weighted by molar-refractivity contribution is 0.0174. The number of carbonyl (C=O) groups is 2. The second kappa shape index (κ2) is 8.72. The summed E-state index contributed by atoms with van der Waals surface area (Å²) >= 11 is 6.07. The lowest BCUT2D eigenvalue weighted by atomic mass is 9.89. The van der Waals surface area contributed by atoms with Gasteiger partial charge in [0, 0.05) is 31.3 Å². The van der Waals surface area contributed by atoms with Crippen LogP contribution in [0.2, 0.25) is 5.02 Å². The Bertz CT molecular complexity index is 863. The van der Waals surface area contributed by atoms with E-state index in [1.54, 1.807) is 31.4 Å². The first-order chi connectivity index (χ1) is 13.5. The Morgan fingerprint density at radius 3 is 2.71 bits per heavy atom. The van der Waals surface area contributed by atoms with Gasteiger partial charge in [0.1, 0.15) is 11.7 Å². The van der Waals surface area contributed by atoms with Crippen molar-refractivity contribution in [3.8, 4) is 0 Å². The van der Waals surface area contributed by atoms with Crippen molar-refractivity contribution in [1.29, 1.82) is 0 Å². The van der Waals surface area contributed by atoms with Gasteiger partial charge in [-0.15, -0.1) is 0 Å². The van der Waals surface area contributed by atoms with Crippen LogP contribution in [-0.4, -0.2) is 59.6 Å². The molecule has 1 fully saturated rings. The number of amides is 2. The molecule has 0 radical (unpaired) electrons. The maximum Gasteiger partial charge on any atom is 0.271 e. The number of ether oxygens (including phenoxy) is 1. The van der Waals surface area contributed by atoms with Crippen molar-refractivity contribution in [1.82, 2.24) is 20.4 Å². The number of nitrogens with one attached hydrogen (secondary N) is 2. The Morgan fingerprint density at radius 2 is 2.11 bits per heavy atom. The molecule has 0 aliphatic heterocycles. The summed E-state index contributed by atoms with van der Waals surface area (Å²) < 4.78 is 6.61. The zero-order valence-electron chi connectivity index (χ0n) is 15.7. The summed E-state index contributed by atoms with van der Waals surface area (Å²) in [5.74, 6) is -0.777. The van der Waals surface area contributed by atoms with Crippen LogP contribution in [0.5, 0.6) is 0 Å². The Hall–Kier alpha value is -2.42. The highest BCUT2D eigenvalue weighted by Crippen LogP contribution is 2.25. The molecular weight excluding hydrogens is 384 g/mol.